The number of carbonyl (C=O) groups excluding carboxylic acids is 1. The van der Waals surface area contributed by atoms with Crippen molar-refractivity contribution in [2.75, 3.05) is 6.54 Å². The molecule has 110 valence electrons. The number of carbonyl (C=O) groups is 2. The van der Waals surface area contributed by atoms with E-state index in [-0.39, 0.29) is 17.7 Å². The number of aliphatic carboxylic acids is 1. The van der Waals surface area contributed by atoms with Gasteiger partial charge in [-0.25, -0.2) is 0 Å². The van der Waals surface area contributed by atoms with Crippen molar-refractivity contribution in [3.8, 4) is 0 Å². The lowest BCUT2D eigenvalue weighted by molar-refractivity contribution is -0.146. The SMILES string of the molecule is CC(SCc1ccccc1)C(=O)NCC(C)(C)C(=O)O. The van der Waals surface area contributed by atoms with Crippen LogP contribution in [-0.2, 0) is 15.3 Å². The Morgan fingerprint density at radius 1 is 1.30 bits per heavy atom. The van der Waals surface area contributed by atoms with E-state index in [0.29, 0.717) is 0 Å². The summed E-state index contributed by atoms with van der Waals surface area (Å²) in [5, 5.41) is 11.5. The molecule has 0 aliphatic heterocycles. The highest BCUT2D eigenvalue weighted by Gasteiger charge is 2.28. The first-order valence-corrected chi connectivity index (χ1v) is 7.54. The number of hydrogen-bond donors (Lipinski definition) is 2. The monoisotopic (exact) mass is 295 g/mol. The fraction of sp³-hybridized carbons (Fsp3) is 0.467. The first-order chi connectivity index (χ1) is 9.33. The van der Waals surface area contributed by atoms with Crippen molar-refractivity contribution in [1.29, 1.82) is 0 Å². The van der Waals surface area contributed by atoms with E-state index in [1.54, 1.807) is 13.8 Å². The van der Waals surface area contributed by atoms with Crippen molar-refractivity contribution < 1.29 is 14.7 Å². The van der Waals surface area contributed by atoms with Gasteiger partial charge in [-0.15, -0.1) is 11.8 Å². The van der Waals surface area contributed by atoms with Gasteiger partial charge < -0.3 is 10.4 Å². The van der Waals surface area contributed by atoms with Gasteiger partial charge in [0.15, 0.2) is 0 Å². The first kappa shape index (κ1) is 16.6. The maximum Gasteiger partial charge on any atom is 0.310 e. The van der Waals surface area contributed by atoms with Crippen molar-refractivity contribution >= 4 is 23.6 Å². The average molecular weight is 295 g/mol. The van der Waals surface area contributed by atoms with Crippen LogP contribution in [0.4, 0.5) is 0 Å². The van der Waals surface area contributed by atoms with Crippen molar-refractivity contribution in [2.24, 2.45) is 5.41 Å². The lowest BCUT2D eigenvalue weighted by atomic mass is 9.94. The van der Waals surface area contributed by atoms with E-state index in [0.717, 1.165) is 5.75 Å². The third-order valence-corrected chi connectivity index (χ3v) is 4.21. The number of rotatable bonds is 7. The molecule has 0 aromatic heterocycles. The Balaban J connectivity index is 2.38. The fourth-order valence-corrected chi connectivity index (χ4v) is 2.27. The second-order valence-corrected chi connectivity index (χ2v) is 6.67. The van der Waals surface area contributed by atoms with Crippen molar-refractivity contribution in [3.63, 3.8) is 0 Å². The quantitative estimate of drug-likeness (QED) is 0.811. The van der Waals surface area contributed by atoms with Crippen molar-refractivity contribution in [1.82, 2.24) is 5.32 Å². The number of benzene rings is 1. The summed E-state index contributed by atoms with van der Waals surface area (Å²) in [5.41, 5.74) is 0.224. The van der Waals surface area contributed by atoms with Gasteiger partial charge in [0.1, 0.15) is 0 Å². The Morgan fingerprint density at radius 2 is 1.90 bits per heavy atom. The summed E-state index contributed by atoms with van der Waals surface area (Å²) in [6.07, 6.45) is 0. The molecule has 1 aromatic rings. The predicted octanol–water partition coefficient (Wildman–Crippen LogP) is 2.54. The van der Waals surface area contributed by atoms with Crippen LogP contribution >= 0.6 is 11.8 Å². The molecule has 0 saturated carbocycles. The summed E-state index contributed by atoms with van der Waals surface area (Å²) in [7, 11) is 0. The van der Waals surface area contributed by atoms with Crippen molar-refractivity contribution in [2.45, 2.75) is 31.8 Å². The largest absolute Gasteiger partial charge is 0.481 e. The molecule has 0 aliphatic rings. The minimum Gasteiger partial charge on any atom is -0.481 e. The molecule has 1 atom stereocenters. The summed E-state index contributed by atoms with van der Waals surface area (Å²) < 4.78 is 0. The normalized spacial score (nSPS) is 12.8. The molecule has 4 nitrogen and oxygen atoms in total. The minimum atomic E-state index is -0.945. The van der Waals surface area contributed by atoms with E-state index in [1.807, 2.05) is 37.3 Å². The van der Waals surface area contributed by atoms with E-state index >= 15 is 0 Å². The molecule has 2 N–H and O–H groups in total. The van der Waals surface area contributed by atoms with Crippen LogP contribution < -0.4 is 5.32 Å². The van der Waals surface area contributed by atoms with E-state index in [4.69, 9.17) is 5.11 Å². The zero-order valence-electron chi connectivity index (χ0n) is 12.1. The van der Waals surface area contributed by atoms with Crippen LogP contribution in [0.25, 0.3) is 0 Å². The van der Waals surface area contributed by atoms with E-state index < -0.39 is 11.4 Å². The van der Waals surface area contributed by atoms with Gasteiger partial charge in [-0.3, -0.25) is 9.59 Å². The van der Waals surface area contributed by atoms with Gasteiger partial charge in [0.25, 0.3) is 0 Å². The van der Waals surface area contributed by atoms with Gasteiger partial charge in [0, 0.05) is 12.3 Å². The number of carboxylic acids is 1. The molecule has 0 radical (unpaired) electrons. The first-order valence-electron chi connectivity index (χ1n) is 6.49. The Labute approximate surface area is 124 Å². The molecule has 1 unspecified atom stereocenters. The molecule has 5 heteroatoms. The highest BCUT2D eigenvalue weighted by Crippen LogP contribution is 2.18. The number of hydrogen-bond acceptors (Lipinski definition) is 3. The van der Waals surface area contributed by atoms with Gasteiger partial charge in [0.05, 0.1) is 10.7 Å². The molecule has 0 aliphatic carbocycles. The summed E-state index contributed by atoms with van der Waals surface area (Å²) in [6.45, 7) is 5.16. The van der Waals surface area contributed by atoms with Crippen molar-refractivity contribution in [3.05, 3.63) is 35.9 Å². The smallest absolute Gasteiger partial charge is 0.310 e. The Hall–Kier alpha value is -1.49. The number of nitrogens with one attached hydrogen (secondary N) is 1. The lowest BCUT2D eigenvalue weighted by Crippen LogP contribution is -2.41. The maximum absolute atomic E-state index is 11.9. The highest BCUT2D eigenvalue weighted by atomic mass is 32.2. The van der Waals surface area contributed by atoms with Gasteiger partial charge in [-0.1, -0.05) is 30.3 Å². The van der Waals surface area contributed by atoms with Crippen LogP contribution in [0.3, 0.4) is 0 Å². The zero-order valence-corrected chi connectivity index (χ0v) is 12.9. The number of amides is 1. The van der Waals surface area contributed by atoms with Gasteiger partial charge in [-0.2, -0.15) is 0 Å². The van der Waals surface area contributed by atoms with Crippen LogP contribution in [0.15, 0.2) is 30.3 Å². The third kappa shape index (κ3) is 5.25. The molecule has 0 heterocycles. The molecule has 20 heavy (non-hydrogen) atoms. The summed E-state index contributed by atoms with van der Waals surface area (Å²) in [5.74, 6) is -0.278. The van der Waals surface area contributed by atoms with Crippen LogP contribution in [-0.4, -0.2) is 28.8 Å². The third-order valence-electron chi connectivity index (χ3n) is 3.00. The topological polar surface area (TPSA) is 66.4 Å². The molecule has 0 fully saturated rings. The summed E-state index contributed by atoms with van der Waals surface area (Å²) in [4.78, 5) is 22.9. The summed E-state index contributed by atoms with van der Waals surface area (Å²) in [6, 6.07) is 9.93. The standard InChI is InChI=1S/C15H21NO3S/c1-11(20-9-12-7-5-4-6-8-12)13(17)16-10-15(2,3)14(18)19/h4-8,11H,9-10H2,1-3H3,(H,16,17)(H,18,19). The molecule has 1 aromatic carbocycles. The molecule has 1 rings (SSSR count). The van der Waals surface area contributed by atoms with Crippen LogP contribution in [0, 0.1) is 5.41 Å². The lowest BCUT2D eigenvalue weighted by Gasteiger charge is -2.21. The van der Waals surface area contributed by atoms with Gasteiger partial charge in [0.2, 0.25) is 5.91 Å². The van der Waals surface area contributed by atoms with Gasteiger partial charge >= 0.3 is 5.97 Å². The number of carboxylic acid groups (broad SMARTS) is 1. The average Bonchev–Trinajstić information content (AvgIpc) is 2.43. The minimum absolute atomic E-state index is 0.125. The van der Waals surface area contributed by atoms with Crippen LogP contribution in [0.2, 0.25) is 0 Å². The Bertz CT molecular complexity index is 459. The molecule has 0 saturated heterocycles. The predicted molar refractivity (Wildman–Crippen MR) is 81.6 cm³/mol. The molecule has 1 amide bonds. The second kappa shape index (κ2) is 7.33. The second-order valence-electron chi connectivity index (χ2n) is 5.35. The molecule has 0 spiro atoms. The summed E-state index contributed by atoms with van der Waals surface area (Å²) >= 11 is 1.54. The zero-order chi connectivity index (χ0) is 15.2. The van der Waals surface area contributed by atoms with E-state index in [2.05, 4.69) is 5.32 Å². The Kier molecular flexibility index (Phi) is 6.07. The fourth-order valence-electron chi connectivity index (χ4n) is 1.40. The van der Waals surface area contributed by atoms with E-state index in [9.17, 15) is 9.59 Å². The highest BCUT2D eigenvalue weighted by molar-refractivity contribution is 7.99. The molecular formula is C15H21NO3S. The maximum atomic E-state index is 11.9. The molecule has 0 bridgehead atoms. The van der Waals surface area contributed by atoms with Gasteiger partial charge in [-0.05, 0) is 26.3 Å². The molecular weight excluding hydrogens is 274 g/mol. The Morgan fingerprint density at radius 3 is 2.45 bits per heavy atom. The number of thioether (sulfide) groups is 1. The van der Waals surface area contributed by atoms with Crippen LogP contribution in [0.1, 0.15) is 26.3 Å². The van der Waals surface area contributed by atoms with E-state index in [1.165, 1.54) is 17.3 Å². The van der Waals surface area contributed by atoms with Crippen LogP contribution in [0.5, 0.6) is 0 Å².